The summed E-state index contributed by atoms with van der Waals surface area (Å²) in [5.74, 6) is -0.795. The standard InChI is InChI=1S/C26H23F4N7O/c1-14-25(2,3)18-20(24(38)32-12-10-26(28,29)30)34-22(35-21(18)33-14)19-16-8-6-11-31-23(16)37(36-19)13-15-7-4-5-9-17(15)27/h4-9,11H,1,10,12-13H2,2-3H3,(H,32,38)(H,33,34,35). The van der Waals surface area contributed by atoms with E-state index in [0.29, 0.717) is 33.7 Å². The first-order valence-corrected chi connectivity index (χ1v) is 11.7. The van der Waals surface area contributed by atoms with Crippen molar-refractivity contribution in [1.82, 2.24) is 30.0 Å². The Morgan fingerprint density at radius 1 is 1.16 bits per heavy atom. The van der Waals surface area contributed by atoms with E-state index in [0.717, 1.165) is 0 Å². The Morgan fingerprint density at radius 2 is 1.92 bits per heavy atom. The van der Waals surface area contributed by atoms with Gasteiger partial charge >= 0.3 is 6.18 Å². The summed E-state index contributed by atoms with van der Waals surface area (Å²) in [6, 6.07) is 9.74. The molecule has 0 atom stereocenters. The van der Waals surface area contributed by atoms with Crippen molar-refractivity contribution in [3.8, 4) is 11.5 Å². The van der Waals surface area contributed by atoms with Gasteiger partial charge in [0.1, 0.15) is 23.0 Å². The maximum atomic E-state index is 14.4. The molecule has 4 heterocycles. The van der Waals surface area contributed by atoms with Gasteiger partial charge in [-0.25, -0.2) is 24.0 Å². The van der Waals surface area contributed by atoms with Crippen molar-refractivity contribution in [3.05, 3.63) is 77.5 Å². The number of rotatable bonds is 6. The smallest absolute Gasteiger partial charge is 0.350 e. The highest BCUT2D eigenvalue weighted by molar-refractivity contribution is 5.98. The second-order valence-electron chi connectivity index (χ2n) is 9.44. The van der Waals surface area contributed by atoms with Crippen LogP contribution in [0.25, 0.3) is 22.6 Å². The molecule has 0 bridgehead atoms. The lowest BCUT2D eigenvalue weighted by atomic mass is 9.84. The lowest BCUT2D eigenvalue weighted by molar-refractivity contribution is -0.133. The summed E-state index contributed by atoms with van der Waals surface area (Å²) in [6.45, 7) is 7.11. The van der Waals surface area contributed by atoms with Gasteiger partial charge in [0, 0.05) is 35.0 Å². The highest BCUT2D eigenvalue weighted by Gasteiger charge is 2.40. The van der Waals surface area contributed by atoms with Gasteiger partial charge in [-0.1, -0.05) is 38.6 Å². The second-order valence-corrected chi connectivity index (χ2v) is 9.44. The highest BCUT2D eigenvalue weighted by atomic mass is 19.4. The Labute approximate surface area is 214 Å². The summed E-state index contributed by atoms with van der Waals surface area (Å²) in [7, 11) is 0. The van der Waals surface area contributed by atoms with E-state index in [9.17, 15) is 22.4 Å². The zero-order chi connectivity index (χ0) is 27.2. The molecule has 3 aromatic heterocycles. The average Bonchev–Trinajstić information content (AvgIpc) is 3.33. The summed E-state index contributed by atoms with van der Waals surface area (Å²) in [5.41, 5.74) is 1.26. The Hall–Kier alpha value is -4.35. The molecule has 1 aromatic carbocycles. The van der Waals surface area contributed by atoms with E-state index in [2.05, 4.69) is 37.3 Å². The van der Waals surface area contributed by atoms with Crippen molar-refractivity contribution >= 4 is 22.8 Å². The Bertz CT molecular complexity index is 1580. The Morgan fingerprint density at radius 3 is 2.66 bits per heavy atom. The average molecular weight is 526 g/mol. The number of carbonyl (C=O) groups excluding carboxylic acids is 1. The molecular formula is C26H23F4N7O. The van der Waals surface area contributed by atoms with Crippen LogP contribution in [0.5, 0.6) is 0 Å². The first-order chi connectivity index (χ1) is 18.0. The Kier molecular flexibility index (Phi) is 6.12. The number of aromatic nitrogens is 5. The molecule has 0 spiro atoms. The number of fused-ring (bicyclic) bond motifs is 2. The van der Waals surface area contributed by atoms with Gasteiger partial charge in [-0.3, -0.25) is 4.79 Å². The molecule has 0 unspecified atom stereocenters. The highest BCUT2D eigenvalue weighted by Crippen LogP contribution is 2.44. The second kappa shape index (κ2) is 9.19. The van der Waals surface area contributed by atoms with Crippen LogP contribution in [0.2, 0.25) is 0 Å². The van der Waals surface area contributed by atoms with Crippen LogP contribution < -0.4 is 10.6 Å². The van der Waals surface area contributed by atoms with E-state index in [4.69, 9.17) is 0 Å². The van der Waals surface area contributed by atoms with Gasteiger partial charge in [0.25, 0.3) is 5.91 Å². The molecule has 0 radical (unpaired) electrons. The maximum Gasteiger partial charge on any atom is 0.390 e. The number of hydrogen-bond acceptors (Lipinski definition) is 6. The summed E-state index contributed by atoms with van der Waals surface area (Å²) < 4.78 is 53.9. The fraction of sp³-hybridized carbons (Fsp3) is 0.269. The minimum Gasteiger partial charge on any atom is -0.350 e. The zero-order valence-electron chi connectivity index (χ0n) is 20.5. The molecule has 0 aliphatic carbocycles. The molecule has 0 fully saturated rings. The van der Waals surface area contributed by atoms with Crippen molar-refractivity contribution in [3.63, 3.8) is 0 Å². The molecular weight excluding hydrogens is 502 g/mol. The van der Waals surface area contributed by atoms with Crippen LogP contribution in [-0.4, -0.2) is 43.4 Å². The molecule has 1 aliphatic heterocycles. The van der Waals surface area contributed by atoms with E-state index in [-0.39, 0.29) is 23.8 Å². The fourth-order valence-electron chi connectivity index (χ4n) is 4.34. The summed E-state index contributed by atoms with van der Waals surface area (Å²) in [6.07, 6.45) is -4.02. The number of pyridine rings is 1. The van der Waals surface area contributed by atoms with E-state index in [1.165, 1.54) is 10.7 Å². The largest absolute Gasteiger partial charge is 0.390 e. The van der Waals surface area contributed by atoms with Crippen LogP contribution in [0.3, 0.4) is 0 Å². The van der Waals surface area contributed by atoms with Crippen LogP contribution >= 0.6 is 0 Å². The van der Waals surface area contributed by atoms with Crippen LogP contribution in [0.1, 0.15) is 41.9 Å². The topological polar surface area (TPSA) is 97.6 Å². The minimum atomic E-state index is -4.42. The lowest BCUT2D eigenvalue weighted by Gasteiger charge is -2.21. The van der Waals surface area contributed by atoms with Gasteiger partial charge in [-0.05, 0) is 18.2 Å². The number of nitrogens with zero attached hydrogens (tertiary/aromatic N) is 5. The molecule has 2 N–H and O–H groups in total. The third kappa shape index (κ3) is 4.57. The van der Waals surface area contributed by atoms with Gasteiger partial charge in [0.05, 0.1) is 18.4 Å². The van der Waals surface area contributed by atoms with Crippen molar-refractivity contribution in [1.29, 1.82) is 0 Å². The molecule has 196 valence electrons. The molecule has 1 amide bonds. The van der Waals surface area contributed by atoms with Crippen LogP contribution in [0.15, 0.2) is 54.9 Å². The number of nitrogens with one attached hydrogen (secondary N) is 2. The number of benzene rings is 1. The van der Waals surface area contributed by atoms with Crippen molar-refractivity contribution in [2.75, 3.05) is 11.9 Å². The molecule has 1 aliphatic rings. The molecule has 5 rings (SSSR count). The number of alkyl halides is 3. The van der Waals surface area contributed by atoms with E-state index < -0.39 is 36.3 Å². The van der Waals surface area contributed by atoms with E-state index in [1.54, 1.807) is 36.5 Å². The predicted octanol–water partition coefficient (Wildman–Crippen LogP) is 4.97. The van der Waals surface area contributed by atoms with Crippen LogP contribution in [-0.2, 0) is 12.0 Å². The number of carbonyl (C=O) groups is 1. The summed E-state index contributed by atoms with van der Waals surface area (Å²) in [4.78, 5) is 26.6. The number of halogens is 4. The first-order valence-electron chi connectivity index (χ1n) is 11.7. The maximum absolute atomic E-state index is 14.4. The number of hydrogen-bond donors (Lipinski definition) is 2. The number of allylic oxidation sites excluding steroid dienone is 1. The molecule has 38 heavy (non-hydrogen) atoms. The van der Waals surface area contributed by atoms with Crippen LogP contribution in [0.4, 0.5) is 23.4 Å². The monoisotopic (exact) mass is 525 g/mol. The van der Waals surface area contributed by atoms with Crippen LogP contribution in [0, 0.1) is 5.82 Å². The summed E-state index contributed by atoms with van der Waals surface area (Å²) in [5, 5.41) is 10.5. The predicted molar refractivity (Wildman–Crippen MR) is 133 cm³/mol. The minimum absolute atomic E-state index is 0.0630. The van der Waals surface area contributed by atoms with Crippen molar-refractivity contribution in [2.24, 2.45) is 0 Å². The van der Waals surface area contributed by atoms with Gasteiger partial charge < -0.3 is 10.6 Å². The van der Waals surface area contributed by atoms with E-state index >= 15 is 0 Å². The molecule has 0 saturated heterocycles. The normalized spacial score (nSPS) is 14.4. The third-order valence-corrected chi connectivity index (χ3v) is 6.46. The SMILES string of the molecule is C=C1Nc2nc(-c3nn(Cc4ccccc4F)c4ncccc34)nc(C(=O)NCCC(F)(F)F)c2C1(C)C. The van der Waals surface area contributed by atoms with E-state index in [1.807, 2.05) is 13.8 Å². The Balaban J connectivity index is 1.62. The first kappa shape index (κ1) is 25.3. The van der Waals surface area contributed by atoms with Crippen molar-refractivity contribution < 1.29 is 22.4 Å². The zero-order valence-corrected chi connectivity index (χ0v) is 20.5. The molecule has 0 saturated carbocycles. The van der Waals surface area contributed by atoms with Gasteiger partial charge in [0.2, 0.25) is 0 Å². The van der Waals surface area contributed by atoms with Gasteiger partial charge in [-0.2, -0.15) is 18.3 Å². The fourth-order valence-corrected chi connectivity index (χ4v) is 4.34. The third-order valence-electron chi connectivity index (χ3n) is 6.46. The number of anilines is 1. The van der Waals surface area contributed by atoms with Gasteiger partial charge in [0.15, 0.2) is 11.5 Å². The van der Waals surface area contributed by atoms with Gasteiger partial charge in [-0.15, -0.1) is 0 Å². The quantitative estimate of drug-likeness (QED) is 0.345. The molecule has 4 aromatic rings. The summed E-state index contributed by atoms with van der Waals surface area (Å²) >= 11 is 0. The molecule has 8 nitrogen and oxygen atoms in total. The lowest BCUT2D eigenvalue weighted by Crippen LogP contribution is -2.31. The molecule has 12 heteroatoms. The van der Waals surface area contributed by atoms with Crippen molar-refractivity contribution in [2.45, 2.75) is 38.4 Å². The number of amides is 1.